The largest absolute Gasteiger partial charge is 0.463 e. The summed E-state index contributed by atoms with van der Waals surface area (Å²) in [5, 5.41) is 5.94. The molecule has 1 aromatic carbocycles. The van der Waals surface area contributed by atoms with Gasteiger partial charge in [-0.05, 0) is 13.8 Å². The molecule has 9 heteroatoms. The van der Waals surface area contributed by atoms with Gasteiger partial charge in [-0.2, -0.15) is 0 Å². The molecule has 1 aliphatic rings. The molecular formula is C18H21N5O3S. The number of aromatic nitrogens is 2. The SMILES string of the molecule is CCOC(=O)C1=C(CSc2nc(-c3ccccc3)cn2N)NC(=O)NC1C. The molecule has 0 bridgehead atoms. The molecule has 27 heavy (non-hydrogen) atoms. The van der Waals surface area contributed by atoms with Gasteiger partial charge in [-0.3, -0.25) is 0 Å². The van der Waals surface area contributed by atoms with E-state index in [0.717, 1.165) is 11.3 Å². The predicted octanol–water partition coefficient (Wildman–Crippen LogP) is 1.87. The molecule has 4 N–H and O–H groups in total. The number of nitrogens with one attached hydrogen (secondary N) is 2. The number of hydrogen-bond acceptors (Lipinski definition) is 6. The maximum Gasteiger partial charge on any atom is 0.337 e. The van der Waals surface area contributed by atoms with Crippen LogP contribution in [0.3, 0.4) is 0 Å². The standard InChI is InChI=1S/C18H21N5O3S/c1-3-26-16(24)15-11(2)20-17(25)21-14(15)10-27-18-22-13(9-23(18)19)12-7-5-4-6-8-12/h4-9,11H,3,10,19H2,1-2H3,(H2,20,21,25). The van der Waals surface area contributed by atoms with Crippen LogP contribution in [-0.2, 0) is 9.53 Å². The molecule has 0 aliphatic carbocycles. The highest BCUT2D eigenvalue weighted by Crippen LogP contribution is 2.25. The van der Waals surface area contributed by atoms with Crippen molar-refractivity contribution < 1.29 is 14.3 Å². The van der Waals surface area contributed by atoms with E-state index in [4.69, 9.17) is 10.6 Å². The average Bonchev–Trinajstić information content (AvgIpc) is 3.01. The average molecular weight is 387 g/mol. The Morgan fingerprint density at radius 2 is 2.11 bits per heavy atom. The number of nitrogen functional groups attached to an aromatic ring is 1. The summed E-state index contributed by atoms with van der Waals surface area (Å²) in [6, 6.07) is 8.90. The highest BCUT2D eigenvalue weighted by molar-refractivity contribution is 7.99. The van der Waals surface area contributed by atoms with Gasteiger partial charge in [0.1, 0.15) is 0 Å². The number of imidazole rings is 1. The molecule has 0 saturated heterocycles. The molecule has 0 radical (unpaired) electrons. The third-order valence-electron chi connectivity index (χ3n) is 3.98. The number of urea groups is 1. The molecule has 2 amide bonds. The van der Waals surface area contributed by atoms with Crippen molar-refractivity contribution in [2.45, 2.75) is 25.0 Å². The van der Waals surface area contributed by atoms with Crippen molar-refractivity contribution in [1.82, 2.24) is 20.3 Å². The third-order valence-corrected chi connectivity index (χ3v) is 4.97. The minimum Gasteiger partial charge on any atom is -0.463 e. The maximum absolute atomic E-state index is 12.3. The number of carbonyl (C=O) groups excluding carboxylic acids is 2. The van der Waals surface area contributed by atoms with Gasteiger partial charge in [-0.25, -0.2) is 19.2 Å². The molecule has 142 valence electrons. The van der Waals surface area contributed by atoms with Crippen LogP contribution in [-0.4, -0.2) is 40.1 Å². The zero-order chi connectivity index (χ0) is 19.4. The van der Waals surface area contributed by atoms with Gasteiger partial charge in [0, 0.05) is 17.0 Å². The van der Waals surface area contributed by atoms with Crippen LogP contribution in [0.2, 0.25) is 0 Å². The smallest absolute Gasteiger partial charge is 0.337 e. The first kappa shape index (κ1) is 18.8. The van der Waals surface area contributed by atoms with Crippen LogP contribution in [0.1, 0.15) is 13.8 Å². The first-order valence-electron chi connectivity index (χ1n) is 8.50. The van der Waals surface area contributed by atoms with E-state index in [9.17, 15) is 9.59 Å². The molecule has 1 atom stereocenters. The lowest BCUT2D eigenvalue weighted by molar-refractivity contribution is -0.138. The number of amides is 2. The van der Waals surface area contributed by atoms with E-state index >= 15 is 0 Å². The lowest BCUT2D eigenvalue weighted by atomic mass is 10.1. The summed E-state index contributed by atoms with van der Waals surface area (Å²) < 4.78 is 6.55. The fraction of sp³-hybridized carbons (Fsp3) is 0.278. The molecule has 0 saturated carbocycles. The number of carbonyl (C=O) groups is 2. The fourth-order valence-corrected chi connectivity index (χ4v) is 3.63. The number of esters is 1. The van der Waals surface area contributed by atoms with Gasteiger partial charge in [-0.1, -0.05) is 42.1 Å². The van der Waals surface area contributed by atoms with E-state index in [2.05, 4.69) is 15.6 Å². The number of benzene rings is 1. The Bertz CT molecular complexity index is 878. The maximum atomic E-state index is 12.3. The lowest BCUT2D eigenvalue weighted by Crippen LogP contribution is -2.49. The van der Waals surface area contributed by atoms with Crippen molar-refractivity contribution in [2.75, 3.05) is 18.2 Å². The molecule has 8 nitrogen and oxygen atoms in total. The number of rotatable bonds is 6. The van der Waals surface area contributed by atoms with Gasteiger partial charge in [0.25, 0.3) is 0 Å². The van der Waals surface area contributed by atoms with Crippen LogP contribution in [0.4, 0.5) is 4.79 Å². The summed E-state index contributed by atoms with van der Waals surface area (Å²) >= 11 is 1.33. The van der Waals surface area contributed by atoms with E-state index in [1.54, 1.807) is 20.0 Å². The second-order valence-electron chi connectivity index (χ2n) is 5.90. The minimum atomic E-state index is -0.450. The van der Waals surface area contributed by atoms with Crippen LogP contribution in [0.5, 0.6) is 0 Å². The molecule has 0 fully saturated rings. The summed E-state index contributed by atoms with van der Waals surface area (Å²) in [7, 11) is 0. The van der Waals surface area contributed by atoms with Crippen molar-refractivity contribution in [1.29, 1.82) is 0 Å². The second-order valence-corrected chi connectivity index (χ2v) is 6.85. The third kappa shape index (κ3) is 4.25. The van der Waals surface area contributed by atoms with Gasteiger partial charge < -0.3 is 21.2 Å². The van der Waals surface area contributed by atoms with Gasteiger partial charge in [0.2, 0.25) is 0 Å². The van der Waals surface area contributed by atoms with Gasteiger partial charge >= 0.3 is 12.0 Å². The Morgan fingerprint density at radius 3 is 2.81 bits per heavy atom. The van der Waals surface area contributed by atoms with E-state index in [-0.39, 0.29) is 12.6 Å². The molecule has 1 aliphatic heterocycles. The van der Waals surface area contributed by atoms with Crippen molar-refractivity contribution in [3.05, 3.63) is 47.8 Å². The first-order valence-corrected chi connectivity index (χ1v) is 9.48. The van der Waals surface area contributed by atoms with Gasteiger partial charge in [0.05, 0.1) is 30.1 Å². The van der Waals surface area contributed by atoms with Crippen LogP contribution >= 0.6 is 11.8 Å². The zero-order valence-corrected chi connectivity index (χ0v) is 15.9. The van der Waals surface area contributed by atoms with Gasteiger partial charge in [-0.15, -0.1) is 0 Å². The van der Waals surface area contributed by atoms with Crippen LogP contribution in [0, 0.1) is 0 Å². The topological polar surface area (TPSA) is 111 Å². The van der Waals surface area contributed by atoms with Crippen molar-refractivity contribution in [3.63, 3.8) is 0 Å². The molecule has 3 rings (SSSR count). The second kappa shape index (κ2) is 8.17. The van der Waals surface area contributed by atoms with Gasteiger partial charge in [0.15, 0.2) is 5.16 Å². The summed E-state index contributed by atoms with van der Waals surface area (Å²) in [5.74, 6) is 5.89. The highest BCUT2D eigenvalue weighted by atomic mass is 32.2. The fourth-order valence-electron chi connectivity index (χ4n) is 2.76. The summed E-state index contributed by atoms with van der Waals surface area (Å²) in [4.78, 5) is 28.6. The Labute approximate surface area is 161 Å². The van der Waals surface area contributed by atoms with Crippen LogP contribution in [0.25, 0.3) is 11.3 Å². The summed E-state index contributed by atoms with van der Waals surface area (Å²) in [6.07, 6.45) is 1.74. The molecular weight excluding hydrogens is 366 g/mol. The zero-order valence-electron chi connectivity index (χ0n) is 15.1. The Morgan fingerprint density at radius 1 is 1.37 bits per heavy atom. The van der Waals surface area contributed by atoms with Crippen molar-refractivity contribution in [3.8, 4) is 11.3 Å². The molecule has 0 spiro atoms. The Hall–Kier alpha value is -2.94. The lowest BCUT2D eigenvalue weighted by Gasteiger charge is -2.26. The summed E-state index contributed by atoms with van der Waals surface area (Å²) in [6.45, 7) is 3.74. The predicted molar refractivity (Wildman–Crippen MR) is 103 cm³/mol. The number of ether oxygens (including phenoxy) is 1. The van der Waals surface area contributed by atoms with Crippen LogP contribution < -0.4 is 16.5 Å². The van der Waals surface area contributed by atoms with E-state index in [0.29, 0.717) is 22.2 Å². The van der Waals surface area contributed by atoms with Crippen molar-refractivity contribution in [2.24, 2.45) is 0 Å². The monoisotopic (exact) mass is 387 g/mol. The summed E-state index contributed by atoms with van der Waals surface area (Å²) in [5.41, 5.74) is 2.61. The molecule has 2 heterocycles. The first-order chi connectivity index (χ1) is 13.0. The molecule has 1 aromatic heterocycles. The molecule has 1 unspecified atom stereocenters. The minimum absolute atomic E-state index is 0.261. The van der Waals surface area contributed by atoms with E-state index < -0.39 is 12.0 Å². The van der Waals surface area contributed by atoms with E-state index in [1.807, 2.05) is 30.3 Å². The number of nitrogens with two attached hydrogens (primary N) is 1. The normalized spacial score (nSPS) is 16.7. The van der Waals surface area contributed by atoms with Crippen LogP contribution in [0.15, 0.2) is 53.0 Å². The van der Waals surface area contributed by atoms with Crippen molar-refractivity contribution >= 4 is 23.8 Å². The Kier molecular flexibility index (Phi) is 5.70. The number of thioether (sulfide) groups is 1. The van der Waals surface area contributed by atoms with E-state index in [1.165, 1.54) is 16.4 Å². The highest BCUT2D eigenvalue weighted by Gasteiger charge is 2.29. The molecule has 2 aromatic rings. The quantitative estimate of drug-likeness (QED) is 0.396. The Balaban J connectivity index is 1.81. The number of hydrogen-bond donors (Lipinski definition) is 3. The number of nitrogens with zero attached hydrogens (tertiary/aromatic N) is 2.